The van der Waals surface area contributed by atoms with Crippen molar-refractivity contribution >= 4 is 27.6 Å². The highest BCUT2D eigenvalue weighted by atomic mass is 32.1. The van der Waals surface area contributed by atoms with Crippen molar-refractivity contribution in [2.75, 3.05) is 20.6 Å². The normalized spacial score (nSPS) is 14.4. The summed E-state index contributed by atoms with van der Waals surface area (Å²) in [5, 5.41) is 0.755. The van der Waals surface area contributed by atoms with Crippen LogP contribution in [-0.2, 0) is 19.5 Å². The van der Waals surface area contributed by atoms with Crippen LogP contribution in [0.1, 0.15) is 24.3 Å². The van der Waals surface area contributed by atoms with E-state index in [2.05, 4.69) is 18.8 Å². The number of amides is 2. The molecule has 0 aromatic carbocycles. The Kier molecular flexibility index (Phi) is 4.14. The number of carbonyl (C=O) groups excluding carboxylic acids is 1. The Morgan fingerprint density at radius 1 is 1.43 bits per heavy atom. The molecule has 6 nitrogen and oxygen atoms in total. The molecule has 1 aliphatic rings. The first kappa shape index (κ1) is 16.0. The minimum atomic E-state index is 0.0123. The summed E-state index contributed by atoms with van der Waals surface area (Å²) in [5.74, 6) is 0.398. The summed E-state index contributed by atoms with van der Waals surface area (Å²) in [6, 6.07) is 0.0123. The first-order valence-corrected chi connectivity index (χ1v) is 8.66. The Hall–Kier alpha value is -1.89. The van der Waals surface area contributed by atoms with Crippen LogP contribution >= 0.6 is 11.3 Å². The van der Waals surface area contributed by atoms with Crippen LogP contribution in [0, 0.1) is 5.92 Å². The highest BCUT2D eigenvalue weighted by Crippen LogP contribution is 2.32. The first-order chi connectivity index (χ1) is 10.9. The van der Waals surface area contributed by atoms with Crippen molar-refractivity contribution in [3.8, 4) is 0 Å². The van der Waals surface area contributed by atoms with Crippen molar-refractivity contribution in [3.05, 3.63) is 27.1 Å². The molecule has 23 heavy (non-hydrogen) atoms. The molecule has 0 fully saturated rings. The van der Waals surface area contributed by atoms with E-state index in [4.69, 9.17) is 0 Å². The number of thiophene rings is 1. The molecule has 0 spiro atoms. The van der Waals surface area contributed by atoms with Gasteiger partial charge in [-0.1, -0.05) is 13.8 Å². The SMILES string of the molecule is CC(C)Cn1cnc2sc3c(c2c1=O)CCN(C(=O)N(C)C)C3. The smallest absolute Gasteiger partial charge is 0.319 e. The van der Waals surface area contributed by atoms with Gasteiger partial charge >= 0.3 is 6.03 Å². The lowest BCUT2D eigenvalue weighted by atomic mass is 10.1. The third-order valence-electron chi connectivity index (χ3n) is 4.04. The van der Waals surface area contributed by atoms with Crippen LogP contribution in [0.5, 0.6) is 0 Å². The van der Waals surface area contributed by atoms with Crippen LogP contribution in [0.2, 0.25) is 0 Å². The van der Waals surface area contributed by atoms with E-state index in [9.17, 15) is 9.59 Å². The van der Waals surface area contributed by atoms with Crippen molar-refractivity contribution < 1.29 is 4.79 Å². The number of nitrogens with zero attached hydrogens (tertiary/aromatic N) is 4. The van der Waals surface area contributed by atoms with E-state index >= 15 is 0 Å². The molecule has 2 aromatic rings. The maximum absolute atomic E-state index is 12.8. The van der Waals surface area contributed by atoms with E-state index in [1.807, 2.05) is 4.90 Å². The van der Waals surface area contributed by atoms with Gasteiger partial charge in [0, 0.05) is 32.1 Å². The van der Waals surface area contributed by atoms with E-state index in [0.717, 1.165) is 27.1 Å². The van der Waals surface area contributed by atoms with Gasteiger partial charge < -0.3 is 9.80 Å². The summed E-state index contributed by atoms with van der Waals surface area (Å²) in [6.07, 6.45) is 2.37. The van der Waals surface area contributed by atoms with Gasteiger partial charge in [0.05, 0.1) is 18.3 Å². The van der Waals surface area contributed by atoms with Crippen molar-refractivity contribution in [2.24, 2.45) is 5.92 Å². The highest BCUT2D eigenvalue weighted by molar-refractivity contribution is 7.18. The van der Waals surface area contributed by atoms with Crippen LogP contribution in [0.25, 0.3) is 10.2 Å². The Morgan fingerprint density at radius 3 is 2.83 bits per heavy atom. The molecular formula is C16H22N4O2S. The highest BCUT2D eigenvalue weighted by Gasteiger charge is 2.27. The first-order valence-electron chi connectivity index (χ1n) is 7.84. The second-order valence-corrected chi connectivity index (χ2v) is 7.71. The van der Waals surface area contributed by atoms with E-state index in [1.165, 1.54) is 11.3 Å². The van der Waals surface area contributed by atoms with Crippen molar-refractivity contribution in [2.45, 2.75) is 33.4 Å². The third kappa shape index (κ3) is 2.85. The second kappa shape index (κ2) is 5.96. The number of aromatic nitrogens is 2. The number of rotatable bonds is 2. The molecule has 0 unspecified atom stereocenters. The van der Waals surface area contributed by atoms with Crippen LogP contribution in [0.3, 0.4) is 0 Å². The molecule has 0 saturated heterocycles. The number of carbonyl (C=O) groups is 1. The average molecular weight is 334 g/mol. The van der Waals surface area contributed by atoms with Gasteiger partial charge in [-0.2, -0.15) is 0 Å². The maximum Gasteiger partial charge on any atom is 0.319 e. The van der Waals surface area contributed by atoms with E-state index in [0.29, 0.717) is 25.6 Å². The Labute approximate surface area is 139 Å². The van der Waals surface area contributed by atoms with Crippen molar-refractivity contribution in [3.63, 3.8) is 0 Å². The van der Waals surface area contributed by atoms with Crippen LogP contribution < -0.4 is 5.56 Å². The fourth-order valence-electron chi connectivity index (χ4n) is 2.99. The lowest BCUT2D eigenvalue weighted by Crippen LogP contribution is -2.41. The fourth-order valence-corrected chi connectivity index (χ4v) is 4.18. The number of fused-ring (bicyclic) bond motifs is 3. The van der Waals surface area contributed by atoms with Crippen molar-refractivity contribution in [1.29, 1.82) is 0 Å². The van der Waals surface area contributed by atoms with Crippen molar-refractivity contribution in [1.82, 2.24) is 19.4 Å². The van der Waals surface area contributed by atoms with Crippen LogP contribution in [0.15, 0.2) is 11.1 Å². The Balaban J connectivity index is 2.01. The fraction of sp³-hybridized carbons (Fsp3) is 0.562. The molecule has 0 aliphatic carbocycles. The summed E-state index contributed by atoms with van der Waals surface area (Å²) < 4.78 is 1.71. The summed E-state index contributed by atoms with van der Waals surface area (Å²) >= 11 is 1.54. The van der Waals surface area contributed by atoms with E-state index < -0.39 is 0 Å². The zero-order chi connectivity index (χ0) is 16.7. The van der Waals surface area contributed by atoms with Gasteiger partial charge in [0.25, 0.3) is 5.56 Å². The van der Waals surface area contributed by atoms with Gasteiger partial charge in [-0.05, 0) is 17.9 Å². The summed E-state index contributed by atoms with van der Waals surface area (Å²) in [7, 11) is 3.52. The van der Waals surface area contributed by atoms with Crippen LogP contribution in [0.4, 0.5) is 4.79 Å². The molecule has 0 radical (unpaired) electrons. The predicted molar refractivity (Wildman–Crippen MR) is 91.9 cm³/mol. The molecule has 3 rings (SSSR count). The average Bonchev–Trinajstić information content (AvgIpc) is 2.87. The molecule has 0 atom stereocenters. The molecule has 7 heteroatoms. The van der Waals surface area contributed by atoms with Gasteiger partial charge in [0.1, 0.15) is 4.83 Å². The predicted octanol–water partition coefficient (Wildman–Crippen LogP) is 2.15. The molecule has 0 bridgehead atoms. The molecule has 124 valence electrons. The minimum absolute atomic E-state index is 0.0123. The van der Waals surface area contributed by atoms with Crippen LogP contribution in [-0.4, -0.2) is 46.0 Å². The molecular weight excluding hydrogens is 312 g/mol. The topological polar surface area (TPSA) is 58.4 Å². The lowest BCUT2D eigenvalue weighted by Gasteiger charge is -2.29. The molecule has 1 aliphatic heterocycles. The standard InChI is InChI=1S/C16H22N4O2S/c1-10(2)7-20-9-17-14-13(15(20)21)11-5-6-19(8-12(11)23-14)16(22)18(3)4/h9-10H,5-8H2,1-4H3. The van der Waals surface area contributed by atoms with Gasteiger partial charge in [0.2, 0.25) is 0 Å². The summed E-state index contributed by atoms with van der Waals surface area (Å²) in [4.78, 5) is 34.7. The number of hydrogen-bond donors (Lipinski definition) is 0. The largest absolute Gasteiger partial charge is 0.331 e. The maximum atomic E-state index is 12.8. The summed E-state index contributed by atoms with van der Waals surface area (Å²) in [6.45, 7) is 6.07. The zero-order valence-electron chi connectivity index (χ0n) is 14.0. The number of hydrogen-bond acceptors (Lipinski definition) is 4. The quantitative estimate of drug-likeness (QED) is 0.845. The van der Waals surface area contributed by atoms with Gasteiger partial charge in [-0.25, -0.2) is 9.78 Å². The third-order valence-corrected chi connectivity index (χ3v) is 5.17. The van der Waals surface area contributed by atoms with E-state index in [1.54, 1.807) is 29.9 Å². The monoisotopic (exact) mass is 334 g/mol. The van der Waals surface area contributed by atoms with Gasteiger partial charge in [0.15, 0.2) is 0 Å². The second-order valence-electron chi connectivity index (χ2n) is 6.63. The molecule has 3 heterocycles. The summed E-state index contributed by atoms with van der Waals surface area (Å²) in [5.41, 5.74) is 1.14. The van der Waals surface area contributed by atoms with Gasteiger partial charge in [-0.15, -0.1) is 11.3 Å². The Morgan fingerprint density at radius 2 is 2.17 bits per heavy atom. The van der Waals surface area contributed by atoms with Gasteiger partial charge in [-0.3, -0.25) is 9.36 Å². The molecule has 2 amide bonds. The Bertz CT molecular complexity index is 806. The molecule has 0 saturated carbocycles. The zero-order valence-corrected chi connectivity index (χ0v) is 14.8. The lowest BCUT2D eigenvalue weighted by molar-refractivity contribution is 0.166. The number of urea groups is 1. The molecule has 0 N–H and O–H groups in total. The minimum Gasteiger partial charge on any atom is -0.331 e. The van der Waals surface area contributed by atoms with E-state index in [-0.39, 0.29) is 11.6 Å². The molecule has 2 aromatic heterocycles.